The van der Waals surface area contributed by atoms with Gasteiger partial charge < -0.3 is 15.8 Å². The molecule has 0 amide bonds. The molecule has 0 radical (unpaired) electrons. The van der Waals surface area contributed by atoms with Crippen LogP contribution < -0.4 is 11.1 Å². The minimum atomic E-state index is 0.387. The molecule has 1 aromatic rings. The van der Waals surface area contributed by atoms with Crippen molar-refractivity contribution in [3.05, 3.63) is 23.9 Å². The second kappa shape index (κ2) is 7.19. The fraction of sp³-hybridized carbons (Fsp3) is 0.583. The zero-order chi connectivity index (χ0) is 11.8. The standard InChI is InChI=1S/C12H21N3O/c1-3-16-8-6-11(14-2)9-10-5-4-7-15-12(10)13/h4-5,7,11,14H,3,6,8-9H2,1-2H3,(H2,13,15). The van der Waals surface area contributed by atoms with E-state index in [0.717, 1.165) is 31.6 Å². The van der Waals surface area contributed by atoms with Gasteiger partial charge in [-0.3, -0.25) is 0 Å². The van der Waals surface area contributed by atoms with Crippen LogP contribution in [0.3, 0.4) is 0 Å². The fourth-order valence-electron chi connectivity index (χ4n) is 1.61. The lowest BCUT2D eigenvalue weighted by Gasteiger charge is -2.16. The number of nitrogens with zero attached hydrogens (tertiary/aromatic N) is 1. The van der Waals surface area contributed by atoms with Gasteiger partial charge in [0.2, 0.25) is 0 Å². The Morgan fingerprint density at radius 3 is 3.00 bits per heavy atom. The third kappa shape index (κ3) is 4.16. The third-order valence-electron chi connectivity index (χ3n) is 2.62. The highest BCUT2D eigenvalue weighted by Crippen LogP contribution is 2.11. The van der Waals surface area contributed by atoms with Crippen molar-refractivity contribution in [2.24, 2.45) is 0 Å². The first-order chi connectivity index (χ1) is 7.77. The van der Waals surface area contributed by atoms with Crippen molar-refractivity contribution in [1.29, 1.82) is 0 Å². The molecule has 0 aliphatic rings. The van der Waals surface area contributed by atoms with Crippen LogP contribution >= 0.6 is 0 Å². The van der Waals surface area contributed by atoms with E-state index >= 15 is 0 Å². The maximum atomic E-state index is 5.81. The Morgan fingerprint density at radius 2 is 2.38 bits per heavy atom. The van der Waals surface area contributed by atoms with E-state index in [9.17, 15) is 0 Å². The van der Waals surface area contributed by atoms with Crippen molar-refractivity contribution in [1.82, 2.24) is 10.3 Å². The molecule has 1 heterocycles. The molecule has 0 bridgehead atoms. The van der Waals surface area contributed by atoms with Gasteiger partial charge in [-0.2, -0.15) is 0 Å². The lowest BCUT2D eigenvalue weighted by atomic mass is 10.0. The maximum Gasteiger partial charge on any atom is 0.126 e. The fourth-order valence-corrected chi connectivity index (χ4v) is 1.61. The second-order valence-electron chi connectivity index (χ2n) is 3.72. The van der Waals surface area contributed by atoms with E-state index in [4.69, 9.17) is 10.5 Å². The predicted molar refractivity (Wildman–Crippen MR) is 66.3 cm³/mol. The zero-order valence-electron chi connectivity index (χ0n) is 10.1. The minimum absolute atomic E-state index is 0.387. The van der Waals surface area contributed by atoms with E-state index in [1.54, 1.807) is 6.20 Å². The molecule has 0 aromatic carbocycles. The van der Waals surface area contributed by atoms with Crippen molar-refractivity contribution >= 4 is 5.82 Å². The number of nitrogen functional groups attached to an aromatic ring is 1. The van der Waals surface area contributed by atoms with Crippen molar-refractivity contribution in [2.75, 3.05) is 26.0 Å². The van der Waals surface area contributed by atoms with Crippen molar-refractivity contribution in [3.63, 3.8) is 0 Å². The van der Waals surface area contributed by atoms with Gasteiger partial charge in [0, 0.05) is 25.5 Å². The predicted octanol–water partition coefficient (Wildman–Crippen LogP) is 1.22. The van der Waals surface area contributed by atoms with E-state index < -0.39 is 0 Å². The van der Waals surface area contributed by atoms with Gasteiger partial charge in [-0.15, -0.1) is 0 Å². The SMILES string of the molecule is CCOCCC(Cc1cccnc1N)NC. The summed E-state index contributed by atoms with van der Waals surface area (Å²) >= 11 is 0. The van der Waals surface area contributed by atoms with Crippen molar-refractivity contribution < 1.29 is 4.74 Å². The quantitative estimate of drug-likeness (QED) is 0.682. The Labute approximate surface area is 97.2 Å². The number of nitrogens with two attached hydrogens (primary N) is 1. The molecule has 1 aromatic heterocycles. The van der Waals surface area contributed by atoms with Crippen LogP contribution in [0.2, 0.25) is 0 Å². The molecule has 4 nitrogen and oxygen atoms in total. The van der Waals surface area contributed by atoms with Gasteiger partial charge >= 0.3 is 0 Å². The first kappa shape index (κ1) is 12.9. The molecule has 4 heteroatoms. The summed E-state index contributed by atoms with van der Waals surface area (Å²) < 4.78 is 5.35. The lowest BCUT2D eigenvalue weighted by molar-refractivity contribution is 0.137. The van der Waals surface area contributed by atoms with Crippen LogP contribution in [-0.4, -0.2) is 31.3 Å². The Bertz CT molecular complexity index is 304. The molecular formula is C12H21N3O. The number of nitrogens with one attached hydrogen (secondary N) is 1. The lowest BCUT2D eigenvalue weighted by Crippen LogP contribution is -2.29. The van der Waals surface area contributed by atoms with E-state index in [-0.39, 0.29) is 0 Å². The summed E-state index contributed by atoms with van der Waals surface area (Å²) in [6.07, 6.45) is 3.59. The van der Waals surface area contributed by atoms with E-state index in [1.165, 1.54) is 0 Å². The normalized spacial score (nSPS) is 12.6. The number of rotatable bonds is 7. The van der Waals surface area contributed by atoms with Crippen LogP contribution in [0.1, 0.15) is 18.9 Å². The molecular weight excluding hydrogens is 202 g/mol. The monoisotopic (exact) mass is 223 g/mol. The molecule has 1 rings (SSSR count). The zero-order valence-corrected chi connectivity index (χ0v) is 10.1. The second-order valence-corrected chi connectivity index (χ2v) is 3.72. The Morgan fingerprint density at radius 1 is 1.56 bits per heavy atom. The molecule has 0 aliphatic carbocycles. The average molecular weight is 223 g/mol. The first-order valence-corrected chi connectivity index (χ1v) is 5.72. The van der Waals surface area contributed by atoms with Crippen molar-refractivity contribution in [3.8, 4) is 0 Å². The first-order valence-electron chi connectivity index (χ1n) is 5.72. The van der Waals surface area contributed by atoms with E-state index in [0.29, 0.717) is 11.9 Å². The van der Waals surface area contributed by atoms with Crippen LogP contribution in [0.25, 0.3) is 0 Å². The number of likely N-dealkylation sites (N-methyl/N-ethyl adjacent to an activating group) is 1. The highest BCUT2D eigenvalue weighted by Gasteiger charge is 2.09. The highest BCUT2D eigenvalue weighted by atomic mass is 16.5. The molecule has 0 saturated heterocycles. The molecule has 0 fully saturated rings. The number of anilines is 1. The number of ether oxygens (including phenoxy) is 1. The third-order valence-corrected chi connectivity index (χ3v) is 2.62. The highest BCUT2D eigenvalue weighted by molar-refractivity contribution is 5.38. The molecule has 0 aliphatic heterocycles. The molecule has 0 saturated carbocycles. The van der Waals surface area contributed by atoms with Crippen LogP contribution in [0.15, 0.2) is 18.3 Å². The Kier molecular flexibility index (Phi) is 5.82. The molecule has 1 atom stereocenters. The summed E-state index contributed by atoms with van der Waals surface area (Å²) in [5.74, 6) is 0.624. The average Bonchev–Trinajstić information content (AvgIpc) is 2.30. The van der Waals surface area contributed by atoms with Crippen LogP contribution in [0.4, 0.5) is 5.82 Å². The minimum Gasteiger partial charge on any atom is -0.383 e. The van der Waals surface area contributed by atoms with Crippen LogP contribution in [0, 0.1) is 0 Å². The summed E-state index contributed by atoms with van der Waals surface area (Å²) in [7, 11) is 1.96. The molecule has 1 unspecified atom stereocenters. The smallest absolute Gasteiger partial charge is 0.126 e. The van der Waals surface area contributed by atoms with Gasteiger partial charge in [0.25, 0.3) is 0 Å². The molecule has 90 valence electrons. The molecule has 3 N–H and O–H groups in total. The topological polar surface area (TPSA) is 60.2 Å². The van der Waals surface area contributed by atoms with E-state index in [2.05, 4.69) is 10.3 Å². The number of pyridine rings is 1. The number of hydrogen-bond acceptors (Lipinski definition) is 4. The summed E-state index contributed by atoms with van der Waals surface area (Å²) in [4.78, 5) is 4.08. The summed E-state index contributed by atoms with van der Waals surface area (Å²) in [5, 5.41) is 3.27. The Hall–Kier alpha value is -1.13. The van der Waals surface area contributed by atoms with Crippen molar-refractivity contribution in [2.45, 2.75) is 25.8 Å². The van der Waals surface area contributed by atoms with Gasteiger partial charge in [-0.1, -0.05) is 6.07 Å². The Balaban J connectivity index is 2.46. The van der Waals surface area contributed by atoms with Gasteiger partial charge in [-0.05, 0) is 38.4 Å². The summed E-state index contributed by atoms with van der Waals surface area (Å²) in [6.45, 7) is 3.56. The summed E-state index contributed by atoms with van der Waals surface area (Å²) in [6, 6.07) is 4.33. The van der Waals surface area contributed by atoms with Gasteiger partial charge in [0.1, 0.15) is 5.82 Å². The molecule has 16 heavy (non-hydrogen) atoms. The molecule has 0 spiro atoms. The largest absolute Gasteiger partial charge is 0.383 e. The van der Waals surface area contributed by atoms with Gasteiger partial charge in [-0.25, -0.2) is 4.98 Å². The van der Waals surface area contributed by atoms with Gasteiger partial charge in [0.15, 0.2) is 0 Å². The van der Waals surface area contributed by atoms with Gasteiger partial charge in [0.05, 0.1) is 0 Å². The van der Waals surface area contributed by atoms with Crippen LogP contribution in [-0.2, 0) is 11.2 Å². The maximum absolute atomic E-state index is 5.81. The van der Waals surface area contributed by atoms with E-state index in [1.807, 2.05) is 26.1 Å². The number of hydrogen-bond donors (Lipinski definition) is 2. The summed E-state index contributed by atoms with van der Waals surface area (Å²) in [5.41, 5.74) is 6.90. The number of aromatic nitrogens is 1. The van der Waals surface area contributed by atoms with Crippen LogP contribution in [0.5, 0.6) is 0 Å².